The van der Waals surface area contributed by atoms with E-state index in [1.165, 1.54) is 0 Å². The van der Waals surface area contributed by atoms with E-state index in [2.05, 4.69) is 15.9 Å². The minimum Gasteiger partial charge on any atom is -0.463 e. The standard InChI is InChI=1S/C18H18BrNO3/c1-2-22-18(21)17-20(15-10-8-14(19)9-11-15)16(12-23-17)13-6-4-3-5-7-13/h3-11,16-17H,2,12H2,1H3. The van der Waals surface area contributed by atoms with Gasteiger partial charge in [-0.25, -0.2) is 4.79 Å². The molecule has 0 amide bonds. The van der Waals surface area contributed by atoms with Gasteiger partial charge in [0.2, 0.25) is 6.23 Å². The Morgan fingerprint density at radius 1 is 1.22 bits per heavy atom. The highest BCUT2D eigenvalue weighted by molar-refractivity contribution is 9.10. The van der Waals surface area contributed by atoms with Crippen molar-refractivity contribution in [1.82, 2.24) is 0 Å². The molecule has 0 radical (unpaired) electrons. The number of ether oxygens (including phenoxy) is 2. The number of anilines is 1. The van der Waals surface area contributed by atoms with Crippen LogP contribution in [0.2, 0.25) is 0 Å². The SMILES string of the molecule is CCOC(=O)C1OCC(c2ccccc2)N1c1ccc(Br)cc1. The van der Waals surface area contributed by atoms with E-state index in [1.54, 1.807) is 6.92 Å². The summed E-state index contributed by atoms with van der Waals surface area (Å²) >= 11 is 3.44. The second-order valence-electron chi connectivity index (χ2n) is 5.25. The number of carbonyl (C=O) groups is 1. The molecule has 1 saturated heterocycles. The van der Waals surface area contributed by atoms with Crippen molar-refractivity contribution < 1.29 is 14.3 Å². The second kappa shape index (κ2) is 7.15. The number of hydrogen-bond acceptors (Lipinski definition) is 4. The largest absolute Gasteiger partial charge is 0.463 e. The molecule has 120 valence electrons. The third-order valence-corrected chi connectivity index (χ3v) is 4.33. The zero-order valence-corrected chi connectivity index (χ0v) is 14.4. The van der Waals surface area contributed by atoms with Crippen LogP contribution in [0.25, 0.3) is 0 Å². The van der Waals surface area contributed by atoms with Crippen molar-refractivity contribution in [3.63, 3.8) is 0 Å². The molecule has 0 saturated carbocycles. The molecule has 2 aromatic carbocycles. The molecular weight excluding hydrogens is 358 g/mol. The van der Waals surface area contributed by atoms with Gasteiger partial charge >= 0.3 is 5.97 Å². The summed E-state index contributed by atoms with van der Waals surface area (Å²) in [6, 6.07) is 17.9. The van der Waals surface area contributed by atoms with E-state index < -0.39 is 6.23 Å². The monoisotopic (exact) mass is 375 g/mol. The number of hydrogen-bond donors (Lipinski definition) is 0. The molecule has 1 aliphatic heterocycles. The van der Waals surface area contributed by atoms with Gasteiger partial charge < -0.3 is 14.4 Å². The molecule has 4 nitrogen and oxygen atoms in total. The van der Waals surface area contributed by atoms with Gasteiger partial charge in [-0.15, -0.1) is 0 Å². The summed E-state index contributed by atoms with van der Waals surface area (Å²) < 4.78 is 11.9. The number of benzene rings is 2. The molecule has 23 heavy (non-hydrogen) atoms. The lowest BCUT2D eigenvalue weighted by atomic mass is 10.1. The maximum atomic E-state index is 12.3. The summed E-state index contributed by atoms with van der Waals surface area (Å²) in [7, 11) is 0. The van der Waals surface area contributed by atoms with Crippen LogP contribution in [-0.2, 0) is 14.3 Å². The molecule has 0 bridgehead atoms. The van der Waals surface area contributed by atoms with Crippen LogP contribution in [0.4, 0.5) is 5.69 Å². The lowest BCUT2D eigenvalue weighted by Crippen LogP contribution is -2.39. The van der Waals surface area contributed by atoms with Gasteiger partial charge in [0, 0.05) is 10.2 Å². The van der Waals surface area contributed by atoms with Crippen LogP contribution in [-0.4, -0.2) is 25.4 Å². The first kappa shape index (κ1) is 16.0. The molecule has 0 N–H and O–H groups in total. The fraction of sp³-hybridized carbons (Fsp3) is 0.278. The smallest absolute Gasteiger partial charge is 0.356 e. The average Bonchev–Trinajstić information content (AvgIpc) is 3.01. The van der Waals surface area contributed by atoms with Crippen molar-refractivity contribution in [2.45, 2.75) is 19.2 Å². The van der Waals surface area contributed by atoms with Crippen LogP contribution in [0.1, 0.15) is 18.5 Å². The van der Waals surface area contributed by atoms with E-state index in [9.17, 15) is 4.79 Å². The highest BCUT2D eigenvalue weighted by Crippen LogP contribution is 2.36. The van der Waals surface area contributed by atoms with Gasteiger partial charge in [-0.3, -0.25) is 0 Å². The topological polar surface area (TPSA) is 38.8 Å². The number of esters is 1. The Labute approximate surface area is 144 Å². The van der Waals surface area contributed by atoms with Crippen LogP contribution < -0.4 is 4.90 Å². The zero-order chi connectivity index (χ0) is 16.2. The molecular formula is C18H18BrNO3. The van der Waals surface area contributed by atoms with Crippen molar-refractivity contribution in [2.75, 3.05) is 18.1 Å². The fourth-order valence-electron chi connectivity index (χ4n) is 2.76. The summed E-state index contributed by atoms with van der Waals surface area (Å²) in [6.07, 6.45) is -0.721. The third-order valence-electron chi connectivity index (χ3n) is 3.80. The average molecular weight is 376 g/mol. The van der Waals surface area contributed by atoms with Gasteiger partial charge in [0.15, 0.2) is 0 Å². The predicted octanol–water partition coefficient (Wildman–Crippen LogP) is 3.92. The third kappa shape index (κ3) is 3.41. The lowest BCUT2D eigenvalue weighted by Gasteiger charge is -2.29. The summed E-state index contributed by atoms with van der Waals surface area (Å²) in [6.45, 7) is 2.58. The van der Waals surface area contributed by atoms with Gasteiger partial charge in [0.25, 0.3) is 0 Å². The first-order chi connectivity index (χ1) is 11.2. The maximum Gasteiger partial charge on any atom is 0.356 e. The van der Waals surface area contributed by atoms with Gasteiger partial charge in [-0.2, -0.15) is 0 Å². The van der Waals surface area contributed by atoms with Crippen molar-refractivity contribution >= 4 is 27.6 Å². The Kier molecular flexibility index (Phi) is 4.98. The summed E-state index contributed by atoms with van der Waals surface area (Å²) in [5, 5.41) is 0. The molecule has 0 aromatic heterocycles. The first-order valence-electron chi connectivity index (χ1n) is 7.58. The molecule has 5 heteroatoms. The van der Waals surface area contributed by atoms with Gasteiger partial charge in [-0.05, 0) is 36.8 Å². The van der Waals surface area contributed by atoms with E-state index in [0.29, 0.717) is 13.2 Å². The molecule has 0 spiro atoms. The van der Waals surface area contributed by atoms with E-state index in [4.69, 9.17) is 9.47 Å². The van der Waals surface area contributed by atoms with E-state index in [0.717, 1.165) is 15.7 Å². The minimum absolute atomic E-state index is 0.0215. The number of halogens is 1. The van der Waals surface area contributed by atoms with Crippen LogP contribution in [0.5, 0.6) is 0 Å². The molecule has 2 aromatic rings. The summed E-state index contributed by atoms with van der Waals surface area (Å²) in [4.78, 5) is 14.3. The lowest BCUT2D eigenvalue weighted by molar-refractivity contribution is -0.153. The van der Waals surface area contributed by atoms with Gasteiger partial charge in [0.05, 0.1) is 19.3 Å². The Bertz CT molecular complexity index is 660. The Morgan fingerprint density at radius 3 is 2.57 bits per heavy atom. The van der Waals surface area contributed by atoms with Crippen molar-refractivity contribution in [2.24, 2.45) is 0 Å². The predicted molar refractivity (Wildman–Crippen MR) is 92.2 cm³/mol. The van der Waals surface area contributed by atoms with E-state index in [1.807, 2.05) is 59.5 Å². The summed E-state index contributed by atoms with van der Waals surface area (Å²) in [5.41, 5.74) is 2.04. The highest BCUT2D eigenvalue weighted by Gasteiger charge is 2.40. The van der Waals surface area contributed by atoms with E-state index >= 15 is 0 Å². The van der Waals surface area contributed by atoms with Crippen LogP contribution in [0, 0.1) is 0 Å². The molecule has 1 heterocycles. The second-order valence-corrected chi connectivity index (χ2v) is 6.16. The number of nitrogens with zero attached hydrogens (tertiary/aromatic N) is 1. The Hall–Kier alpha value is -1.85. The van der Waals surface area contributed by atoms with Gasteiger partial charge in [-0.1, -0.05) is 46.3 Å². The van der Waals surface area contributed by atoms with Crippen molar-refractivity contribution in [3.05, 3.63) is 64.6 Å². The zero-order valence-electron chi connectivity index (χ0n) is 12.8. The quantitative estimate of drug-likeness (QED) is 0.759. The van der Waals surface area contributed by atoms with Crippen molar-refractivity contribution in [3.8, 4) is 0 Å². The van der Waals surface area contributed by atoms with E-state index in [-0.39, 0.29) is 12.0 Å². The Balaban J connectivity index is 1.96. The summed E-state index contributed by atoms with van der Waals surface area (Å²) in [5.74, 6) is -0.353. The molecule has 2 unspecified atom stereocenters. The fourth-order valence-corrected chi connectivity index (χ4v) is 3.03. The molecule has 1 fully saturated rings. The normalized spacial score (nSPS) is 20.5. The molecule has 1 aliphatic rings. The molecule has 3 rings (SSSR count). The number of rotatable bonds is 4. The number of carbonyl (C=O) groups excluding carboxylic acids is 1. The first-order valence-corrected chi connectivity index (χ1v) is 8.37. The molecule has 0 aliphatic carbocycles. The van der Waals surface area contributed by atoms with Gasteiger partial charge in [0.1, 0.15) is 0 Å². The maximum absolute atomic E-state index is 12.3. The minimum atomic E-state index is -0.721. The highest BCUT2D eigenvalue weighted by atomic mass is 79.9. The van der Waals surface area contributed by atoms with Crippen molar-refractivity contribution in [1.29, 1.82) is 0 Å². The molecule has 2 atom stereocenters. The van der Waals surface area contributed by atoms with Crippen LogP contribution in [0.15, 0.2) is 59.1 Å². The Morgan fingerprint density at radius 2 is 1.91 bits per heavy atom. The van der Waals surface area contributed by atoms with Crippen LogP contribution in [0.3, 0.4) is 0 Å². The van der Waals surface area contributed by atoms with Crippen LogP contribution >= 0.6 is 15.9 Å².